The first kappa shape index (κ1) is 13.5. The molecule has 1 atom stereocenters. The van der Waals surface area contributed by atoms with Crippen LogP contribution in [-0.2, 0) is 9.53 Å². The van der Waals surface area contributed by atoms with Gasteiger partial charge in [-0.25, -0.2) is 4.98 Å². The first-order valence-corrected chi connectivity index (χ1v) is 6.34. The van der Waals surface area contributed by atoms with Crippen molar-refractivity contribution >= 4 is 17.7 Å². The van der Waals surface area contributed by atoms with Crippen molar-refractivity contribution in [3.8, 4) is 0 Å². The minimum atomic E-state index is -0.475. The van der Waals surface area contributed by atoms with Crippen molar-refractivity contribution in [3.05, 3.63) is 11.8 Å². The minimum Gasteiger partial charge on any atom is -0.377 e. The number of rotatable bonds is 4. The summed E-state index contributed by atoms with van der Waals surface area (Å²) in [7, 11) is 0. The van der Waals surface area contributed by atoms with Crippen molar-refractivity contribution in [2.45, 2.75) is 19.9 Å². The lowest BCUT2D eigenvalue weighted by Crippen LogP contribution is -2.53. The van der Waals surface area contributed by atoms with E-state index in [9.17, 15) is 4.79 Å². The molecule has 1 aromatic rings. The van der Waals surface area contributed by atoms with Gasteiger partial charge in [0.2, 0.25) is 11.9 Å². The fourth-order valence-corrected chi connectivity index (χ4v) is 2.06. The zero-order valence-electron chi connectivity index (χ0n) is 11.2. The second-order valence-electron chi connectivity index (χ2n) is 4.42. The summed E-state index contributed by atoms with van der Waals surface area (Å²) in [5.74, 6) is 0.888. The molecule has 0 aromatic carbocycles. The highest BCUT2D eigenvalue weighted by Crippen LogP contribution is 2.22. The highest BCUT2D eigenvalue weighted by atomic mass is 16.5. The number of hydrogen-bond donors (Lipinski definition) is 2. The fraction of sp³-hybridized carbons (Fsp3) is 0.583. The zero-order valence-corrected chi connectivity index (χ0v) is 11.2. The lowest BCUT2D eigenvalue weighted by Gasteiger charge is -2.35. The molecule has 1 saturated heterocycles. The van der Waals surface area contributed by atoms with Crippen molar-refractivity contribution in [2.75, 3.05) is 36.5 Å². The van der Waals surface area contributed by atoms with Gasteiger partial charge >= 0.3 is 0 Å². The van der Waals surface area contributed by atoms with Gasteiger partial charge in [0.25, 0.3) is 0 Å². The molecule has 7 heteroatoms. The Labute approximate surface area is 112 Å². The van der Waals surface area contributed by atoms with Crippen LogP contribution in [0, 0.1) is 6.92 Å². The smallest absolute Gasteiger partial charge is 0.242 e. The van der Waals surface area contributed by atoms with Crippen LogP contribution in [0.15, 0.2) is 6.20 Å². The Bertz CT molecular complexity index is 465. The second-order valence-corrected chi connectivity index (χ2v) is 4.42. The number of morpholine rings is 1. The monoisotopic (exact) mass is 265 g/mol. The van der Waals surface area contributed by atoms with Crippen LogP contribution in [0.4, 0.5) is 11.8 Å². The van der Waals surface area contributed by atoms with E-state index in [1.165, 1.54) is 0 Å². The molecule has 0 saturated carbocycles. The molecule has 2 rings (SSSR count). The first-order valence-electron chi connectivity index (χ1n) is 6.34. The number of ether oxygens (including phenoxy) is 1. The van der Waals surface area contributed by atoms with E-state index in [1.54, 1.807) is 6.20 Å². The van der Waals surface area contributed by atoms with Gasteiger partial charge in [-0.1, -0.05) is 0 Å². The van der Waals surface area contributed by atoms with Crippen molar-refractivity contribution in [1.82, 2.24) is 9.97 Å². The summed E-state index contributed by atoms with van der Waals surface area (Å²) in [6, 6.07) is -0.475. The molecule has 7 nitrogen and oxygen atoms in total. The van der Waals surface area contributed by atoms with Crippen LogP contribution in [0.5, 0.6) is 0 Å². The molecule has 1 aliphatic rings. The van der Waals surface area contributed by atoms with Gasteiger partial charge in [0, 0.05) is 24.8 Å². The molecule has 3 N–H and O–H groups in total. The number of primary amides is 1. The van der Waals surface area contributed by atoms with Crippen LogP contribution in [0.3, 0.4) is 0 Å². The Morgan fingerprint density at radius 2 is 2.47 bits per heavy atom. The number of nitrogens with two attached hydrogens (primary N) is 1. The Hall–Kier alpha value is -1.89. The van der Waals surface area contributed by atoms with Gasteiger partial charge in [-0.2, -0.15) is 4.98 Å². The number of nitrogens with zero attached hydrogens (tertiary/aromatic N) is 3. The van der Waals surface area contributed by atoms with E-state index in [-0.39, 0.29) is 0 Å². The topological polar surface area (TPSA) is 93.4 Å². The molecule has 0 radical (unpaired) electrons. The third-order valence-corrected chi connectivity index (χ3v) is 3.01. The lowest BCUT2D eigenvalue weighted by atomic mass is 10.2. The van der Waals surface area contributed by atoms with Crippen molar-refractivity contribution in [1.29, 1.82) is 0 Å². The van der Waals surface area contributed by atoms with Gasteiger partial charge in [0.15, 0.2) is 0 Å². The number of carbonyl (C=O) groups is 1. The highest BCUT2D eigenvalue weighted by Gasteiger charge is 2.29. The summed E-state index contributed by atoms with van der Waals surface area (Å²) in [5, 5.41) is 3.06. The zero-order chi connectivity index (χ0) is 13.8. The maximum atomic E-state index is 11.5. The Kier molecular flexibility index (Phi) is 4.16. The van der Waals surface area contributed by atoms with Gasteiger partial charge in [0.1, 0.15) is 11.9 Å². The molecule has 1 amide bonds. The van der Waals surface area contributed by atoms with Crippen LogP contribution < -0.4 is 16.0 Å². The number of anilines is 2. The molecule has 0 aliphatic carbocycles. The van der Waals surface area contributed by atoms with E-state index < -0.39 is 11.9 Å². The number of nitrogens with one attached hydrogen (secondary N) is 1. The predicted molar refractivity (Wildman–Crippen MR) is 72.1 cm³/mol. The average Bonchev–Trinajstić information content (AvgIpc) is 2.41. The van der Waals surface area contributed by atoms with E-state index in [0.29, 0.717) is 25.7 Å². The Balaban J connectivity index is 2.32. The van der Waals surface area contributed by atoms with E-state index in [0.717, 1.165) is 17.9 Å². The third-order valence-electron chi connectivity index (χ3n) is 3.01. The van der Waals surface area contributed by atoms with Crippen LogP contribution >= 0.6 is 0 Å². The molecule has 1 unspecified atom stereocenters. The summed E-state index contributed by atoms with van der Waals surface area (Å²) in [4.78, 5) is 22.0. The Morgan fingerprint density at radius 1 is 1.68 bits per heavy atom. The molecule has 104 valence electrons. The molecule has 1 aromatic heterocycles. The summed E-state index contributed by atoms with van der Waals surface area (Å²) in [6.45, 7) is 6.09. The molecule has 0 bridgehead atoms. The number of carbonyl (C=O) groups excluding carboxylic acids is 1. The van der Waals surface area contributed by atoms with Crippen molar-refractivity contribution in [2.24, 2.45) is 5.73 Å². The predicted octanol–water partition coefficient (Wildman–Crippen LogP) is -0.0927. The molecule has 0 spiro atoms. The third kappa shape index (κ3) is 2.93. The summed E-state index contributed by atoms with van der Waals surface area (Å²) in [6.07, 6.45) is 1.74. The molecular formula is C12H19N5O2. The number of hydrogen-bond acceptors (Lipinski definition) is 6. The molecule has 2 heterocycles. The van der Waals surface area contributed by atoms with Crippen LogP contribution in [-0.4, -0.2) is 48.2 Å². The van der Waals surface area contributed by atoms with Gasteiger partial charge in [-0.3, -0.25) is 4.79 Å². The maximum Gasteiger partial charge on any atom is 0.242 e. The Morgan fingerprint density at radius 3 is 3.16 bits per heavy atom. The van der Waals surface area contributed by atoms with E-state index in [1.807, 2.05) is 18.7 Å². The number of amides is 1. The SMILES string of the molecule is CCNc1ncc(C)c(N2CCOCC2C(N)=O)n1. The number of aromatic nitrogens is 2. The summed E-state index contributed by atoms with van der Waals surface area (Å²) < 4.78 is 5.31. The largest absolute Gasteiger partial charge is 0.377 e. The molecule has 1 fully saturated rings. The van der Waals surface area contributed by atoms with Crippen LogP contribution in [0.1, 0.15) is 12.5 Å². The maximum absolute atomic E-state index is 11.5. The summed E-state index contributed by atoms with van der Waals surface area (Å²) in [5.41, 5.74) is 6.33. The summed E-state index contributed by atoms with van der Waals surface area (Å²) >= 11 is 0. The van der Waals surface area contributed by atoms with E-state index in [4.69, 9.17) is 10.5 Å². The van der Waals surface area contributed by atoms with Gasteiger partial charge in [-0.15, -0.1) is 0 Å². The molecule has 1 aliphatic heterocycles. The van der Waals surface area contributed by atoms with E-state index >= 15 is 0 Å². The number of aryl methyl sites for hydroxylation is 1. The van der Waals surface area contributed by atoms with Crippen LogP contribution in [0.25, 0.3) is 0 Å². The normalized spacial score (nSPS) is 19.3. The molecular weight excluding hydrogens is 246 g/mol. The van der Waals surface area contributed by atoms with Gasteiger partial charge in [-0.05, 0) is 13.8 Å². The standard InChI is InChI=1S/C12H19N5O2/c1-3-14-12-15-6-8(2)11(16-12)17-4-5-19-7-9(17)10(13)18/h6,9H,3-5,7H2,1-2H3,(H2,13,18)(H,14,15,16). The quantitative estimate of drug-likeness (QED) is 0.790. The average molecular weight is 265 g/mol. The van der Waals surface area contributed by atoms with Crippen molar-refractivity contribution in [3.63, 3.8) is 0 Å². The molecule has 19 heavy (non-hydrogen) atoms. The van der Waals surface area contributed by atoms with Crippen molar-refractivity contribution < 1.29 is 9.53 Å². The fourth-order valence-electron chi connectivity index (χ4n) is 2.06. The minimum absolute atomic E-state index is 0.301. The van der Waals surface area contributed by atoms with Gasteiger partial charge in [0.05, 0.1) is 13.2 Å². The van der Waals surface area contributed by atoms with E-state index in [2.05, 4.69) is 15.3 Å². The van der Waals surface area contributed by atoms with Gasteiger partial charge < -0.3 is 20.7 Å². The second kappa shape index (κ2) is 5.83. The highest BCUT2D eigenvalue weighted by molar-refractivity contribution is 5.84. The first-order chi connectivity index (χ1) is 9.13. The van der Waals surface area contributed by atoms with Crippen LogP contribution in [0.2, 0.25) is 0 Å². The lowest BCUT2D eigenvalue weighted by molar-refractivity contribution is -0.121.